The number of nitrogens with two attached hydrogens (primary N) is 1. The zero-order chi connectivity index (χ0) is 12.1. The van der Waals surface area contributed by atoms with E-state index in [1.807, 2.05) is 0 Å². The summed E-state index contributed by atoms with van der Waals surface area (Å²) in [5.74, 6) is -4.49. The fourth-order valence-corrected chi connectivity index (χ4v) is 1.60. The molecule has 86 valence electrons. The zero-order valence-electron chi connectivity index (χ0n) is 7.91. The van der Waals surface area contributed by atoms with Gasteiger partial charge >= 0.3 is 5.69 Å². The second-order valence-corrected chi connectivity index (χ2v) is 3.75. The van der Waals surface area contributed by atoms with Gasteiger partial charge < -0.3 is 5.73 Å². The van der Waals surface area contributed by atoms with Crippen LogP contribution in [0.2, 0.25) is 0 Å². The highest BCUT2D eigenvalue weighted by Crippen LogP contribution is 2.58. The maximum absolute atomic E-state index is 13.5. The lowest BCUT2D eigenvalue weighted by atomic mass is 10.0. The molecular formula is C9H7F3N2O2. The van der Waals surface area contributed by atoms with Gasteiger partial charge in [0.05, 0.1) is 4.92 Å². The molecule has 7 heteroatoms. The number of halogens is 3. The average molecular weight is 232 g/mol. The molecule has 1 fully saturated rings. The Morgan fingerprint density at radius 3 is 2.44 bits per heavy atom. The SMILES string of the molecule is NC1(c2cccc([N+](=O)[O-])c2F)CC1(F)F. The molecule has 1 aliphatic rings. The van der Waals surface area contributed by atoms with Gasteiger partial charge in [-0.1, -0.05) is 12.1 Å². The van der Waals surface area contributed by atoms with Crippen molar-refractivity contribution in [1.82, 2.24) is 0 Å². The van der Waals surface area contributed by atoms with Gasteiger partial charge in [-0.15, -0.1) is 0 Å². The van der Waals surface area contributed by atoms with Gasteiger partial charge in [0.25, 0.3) is 5.92 Å². The van der Waals surface area contributed by atoms with Gasteiger partial charge in [-0.2, -0.15) is 4.39 Å². The molecule has 0 saturated heterocycles. The average Bonchev–Trinajstić information content (AvgIpc) is 2.66. The molecule has 0 heterocycles. The Morgan fingerprint density at radius 2 is 2.00 bits per heavy atom. The summed E-state index contributed by atoms with van der Waals surface area (Å²) in [4.78, 5) is 9.45. The molecule has 2 rings (SSSR count). The van der Waals surface area contributed by atoms with Gasteiger partial charge in [0, 0.05) is 18.1 Å². The standard InChI is InChI=1S/C9H7F3N2O2/c10-7-5(8(13)4-9(8,11)12)2-1-3-6(7)14(15)16/h1-3H,4,13H2. The molecule has 2 N–H and O–H groups in total. The van der Waals surface area contributed by atoms with Crippen molar-refractivity contribution in [2.24, 2.45) is 5.73 Å². The predicted molar refractivity (Wildman–Crippen MR) is 48.5 cm³/mol. The van der Waals surface area contributed by atoms with Crippen molar-refractivity contribution in [3.05, 3.63) is 39.7 Å². The third-order valence-corrected chi connectivity index (χ3v) is 2.68. The van der Waals surface area contributed by atoms with E-state index >= 15 is 0 Å². The summed E-state index contributed by atoms with van der Waals surface area (Å²) in [6.45, 7) is 0. The number of nitro benzene ring substituents is 1. The number of hydrogen-bond donors (Lipinski definition) is 1. The van der Waals surface area contributed by atoms with Crippen molar-refractivity contribution >= 4 is 5.69 Å². The van der Waals surface area contributed by atoms with Crippen molar-refractivity contribution in [2.75, 3.05) is 0 Å². The molecule has 0 aromatic heterocycles. The fraction of sp³-hybridized carbons (Fsp3) is 0.333. The van der Waals surface area contributed by atoms with E-state index in [4.69, 9.17) is 5.73 Å². The first kappa shape index (κ1) is 10.9. The summed E-state index contributed by atoms with van der Waals surface area (Å²) in [5, 5.41) is 10.4. The number of nitrogens with zero attached hydrogens (tertiary/aromatic N) is 1. The maximum Gasteiger partial charge on any atom is 0.305 e. The first-order chi connectivity index (χ1) is 7.29. The normalized spacial score (nSPS) is 26.5. The molecule has 0 amide bonds. The van der Waals surface area contributed by atoms with Crippen LogP contribution in [0.15, 0.2) is 18.2 Å². The second-order valence-electron chi connectivity index (χ2n) is 3.75. The van der Waals surface area contributed by atoms with Crippen LogP contribution in [0.5, 0.6) is 0 Å². The molecule has 16 heavy (non-hydrogen) atoms. The van der Waals surface area contributed by atoms with E-state index in [0.717, 1.165) is 18.2 Å². The Balaban J connectivity index is 2.53. The largest absolute Gasteiger partial charge is 0.316 e. The highest BCUT2D eigenvalue weighted by molar-refractivity contribution is 5.45. The second kappa shape index (κ2) is 2.94. The lowest BCUT2D eigenvalue weighted by molar-refractivity contribution is -0.387. The third-order valence-electron chi connectivity index (χ3n) is 2.68. The molecular weight excluding hydrogens is 225 g/mol. The Bertz CT molecular complexity index is 478. The van der Waals surface area contributed by atoms with Gasteiger partial charge in [-0.3, -0.25) is 10.1 Å². The Labute approximate surface area is 88.0 Å². The molecule has 1 aliphatic carbocycles. The fourth-order valence-electron chi connectivity index (χ4n) is 1.60. The van der Waals surface area contributed by atoms with Crippen LogP contribution >= 0.6 is 0 Å². The van der Waals surface area contributed by atoms with Gasteiger partial charge in [-0.25, -0.2) is 8.78 Å². The molecule has 0 bridgehead atoms. The first-order valence-corrected chi connectivity index (χ1v) is 4.40. The summed E-state index contributed by atoms with van der Waals surface area (Å²) in [5.41, 5.74) is 1.84. The summed E-state index contributed by atoms with van der Waals surface area (Å²) in [6.07, 6.45) is -0.696. The first-order valence-electron chi connectivity index (χ1n) is 4.40. The minimum atomic E-state index is -3.21. The quantitative estimate of drug-likeness (QED) is 0.625. The van der Waals surface area contributed by atoms with E-state index in [2.05, 4.69) is 0 Å². The van der Waals surface area contributed by atoms with E-state index in [0.29, 0.717) is 0 Å². The molecule has 0 aliphatic heterocycles. The number of nitro groups is 1. The van der Waals surface area contributed by atoms with E-state index < -0.39 is 39.9 Å². The van der Waals surface area contributed by atoms with E-state index in [1.165, 1.54) is 0 Å². The highest BCUT2D eigenvalue weighted by atomic mass is 19.3. The van der Waals surface area contributed by atoms with Gasteiger partial charge in [0.15, 0.2) is 0 Å². The molecule has 1 aromatic carbocycles. The summed E-state index contributed by atoms with van der Waals surface area (Å²) in [6, 6.07) is 3.09. The number of alkyl halides is 2. The molecule has 0 radical (unpaired) electrons. The molecule has 1 saturated carbocycles. The Kier molecular flexibility index (Phi) is 2.00. The number of hydrogen-bond acceptors (Lipinski definition) is 3. The van der Waals surface area contributed by atoms with Crippen LogP contribution in [0.25, 0.3) is 0 Å². The smallest absolute Gasteiger partial charge is 0.305 e. The van der Waals surface area contributed by atoms with Crippen molar-refractivity contribution in [3.8, 4) is 0 Å². The van der Waals surface area contributed by atoms with Crippen molar-refractivity contribution in [1.29, 1.82) is 0 Å². The molecule has 1 unspecified atom stereocenters. The molecule has 4 nitrogen and oxygen atoms in total. The monoisotopic (exact) mass is 232 g/mol. The van der Waals surface area contributed by atoms with Crippen LogP contribution in [-0.4, -0.2) is 10.8 Å². The molecule has 1 aromatic rings. The topological polar surface area (TPSA) is 69.2 Å². The van der Waals surface area contributed by atoms with Crippen LogP contribution in [0.3, 0.4) is 0 Å². The van der Waals surface area contributed by atoms with Crippen molar-refractivity contribution in [3.63, 3.8) is 0 Å². The van der Waals surface area contributed by atoms with Gasteiger partial charge in [-0.05, 0) is 0 Å². The van der Waals surface area contributed by atoms with E-state index in [9.17, 15) is 23.3 Å². The minimum Gasteiger partial charge on any atom is -0.316 e. The van der Waals surface area contributed by atoms with Crippen molar-refractivity contribution in [2.45, 2.75) is 17.9 Å². The molecule has 1 atom stereocenters. The zero-order valence-corrected chi connectivity index (χ0v) is 7.91. The minimum absolute atomic E-state index is 0.508. The van der Waals surface area contributed by atoms with Crippen molar-refractivity contribution < 1.29 is 18.1 Å². The van der Waals surface area contributed by atoms with E-state index in [-0.39, 0.29) is 0 Å². The lowest BCUT2D eigenvalue weighted by Gasteiger charge is -2.11. The van der Waals surface area contributed by atoms with Crippen LogP contribution in [0.4, 0.5) is 18.9 Å². The lowest BCUT2D eigenvalue weighted by Crippen LogP contribution is -2.28. The van der Waals surface area contributed by atoms with Crippen LogP contribution in [0, 0.1) is 15.9 Å². The van der Waals surface area contributed by atoms with Crippen LogP contribution < -0.4 is 5.73 Å². The third kappa shape index (κ3) is 1.28. The van der Waals surface area contributed by atoms with Gasteiger partial charge in [0.1, 0.15) is 5.54 Å². The summed E-state index contributed by atoms with van der Waals surface area (Å²) in [7, 11) is 0. The van der Waals surface area contributed by atoms with Gasteiger partial charge in [0.2, 0.25) is 5.82 Å². The highest BCUT2D eigenvalue weighted by Gasteiger charge is 2.71. The molecule has 0 spiro atoms. The van der Waals surface area contributed by atoms with Crippen LogP contribution in [-0.2, 0) is 5.54 Å². The number of rotatable bonds is 2. The Hall–Kier alpha value is -1.63. The van der Waals surface area contributed by atoms with Crippen LogP contribution in [0.1, 0.15) is 12.0 Å². The number of benzene rings is 1. The summed E-state index contributed by atoms with van der Waals surface area (Å²) >= 11 is 0. The van der Waals surface area contributed by atoms with E-state index in [1.54, 1.807) is 0 Å². The predicted octanol–water partition coefficient (Wildman–Crippen LogP) is 1.93. The Morgan fingerprint density at radius 1 is 1.44 bits per heavy atom. The summed E-state index contributed by atoms with van der Waals surface area (Å²) < 4.78 is 39.4. The maximum atomic E-state index is 13.5.